The molecule has 2 aliphatic rings. The number of amides is 3. The molecule has 30 heavy (non-hydrogen) atoms. The number of benzene rings is 2. The first kappa shape index (κ1) is 21.3. The van der Waals surface area contributed by atoms with E-state index in [4.69, 9.17) is 23.2 Å². The summed E-state index contributed by atoms with van der Waals surface area (Å²) < 4.78 is 14.1. The number of carbonyl (C=O) groups is 2. The van der Waals surface area contributed by atoms with Crippen molar-refractivity contribution in [1.82, 2.24) is 9.80 Å². The predicted octanol–water partition coefficient (Wildman–Crippen LogP) is 5.35. The van der Waals surface area contributed by atoms with Crippen LogP contribution in [0.25, 0.3) is 0 Å². The van der Waals surface area contributed by atoms with Crippen LogP contribution in [0.5, 0.6) is 0 Å². The molecule has 1 spiro atoms. The highest BCUT2D eigenvalue weighted by Gasteiger charge is 2.47. The van der Waals surface area contributed by atoms with Gasteiger partial charge in [-0.15, -0.1) is 11.8 Å². The summed E-state index contributed by atoms with van der Waals surface area (Å²) >= 11 is 13.8. The maximum absolute atomic E-state index is 14.1. The smallest absolute Gasteiger partial charge is 0.321 e. The number of nitrogens with zero attached hydrogens (tertiary/aromatic N) is 2. The third kappa shape index (κ3) is 4.11. The van der Waals surface area contributed by atoms with Crippen molar-refractivity contribution in [3.05, 3.63) is 63.9 Å². The molecule has 0 aromatic heterocycles. The van der Waals surface area contributed by atoms with Crippen molar-refractivity contribution >= 4 is 52.6 Å². The Morgan fingerprint density at radius 1 is 1.07 bits per heavy atom. The Labute approximate surface area is 188 Å². The van der Waals surface area contributed by atoms with Crippen LogP contribution >= 0.6 is 35.0 Å². The third-order valence-corrected chi connectivity index (χ3v) is 7.63. The van der Waals surface area contributed by atoms with Crippen LogP contribution in [-0.4, -0.2) is 52.0 Å². The number of urea groups is 1. The van der Waals surface area contributed by atoms with Crippen molar-refractivity contribution < 1.29 is 14.0 Å². The summed E-state index contributed by atoms with van der Waals surface area (Å²) in [4.78, 5) is 28.8. The number of anilines is 1. The predicted molar refractivity (Wildman–Crippen MR) is 119 cm³/mol. The second-order valence-electron chi connectivity index (χ2n) is 7.27. The number of thioether (sulfide) groups is 1. The van der Waals surface area contributed by atoms with Crippen LogP contribution in [-0.2, 0) is 0 Å². The standard InChI is InChI=1S/C21H20Cl2FN3O2S/c22-14-5-6-18(16(23)13-14)25-20(29)26-9-7-21(8-10-26)27(11-12-30-21)19(28)15-3-1-2-4-17(15)24/h1-6,13H,7-12H2,(H,25,29). The van der Waals surface area contributed by atoms with Crippen LogP contribution in [0.4, 0.5) is 14.9 Å². The number of hydrogen-bond donors (Lipinski definition) is 1. The molecule has 1 N–H and O–H groups in total. The van der Waals surface area contributed by atoms with E-state index in [1.54, 1.807) is 51.9 Å². The van der Waals surface area contributed by atoms with E-state index in [9.17, 15) is 14.0 Å². The molecule has 2 saturated heterocycles. The summed E-state index contributed by atoms with van der Waals surface area (Å²) in [5.74, 6) is 0.00223. The number of halogens is 3. The summed E-state index contributed by atoms with van der Waals surface area (Å²) in [5.41, 5.74) is 0.592. The fraction of sp³-hybridized carbons (Fsp3) is 0.333. The summed E-state index contributed by atoms with van der Waals surface area (Å²) in [5, 5.41) is 3.68. The molecule has 2 heterocycles. The first-order chi connectivity index (χ1) is 14.4. The van der Waals surface area contributed by atoms with Gasteiger partial charge in [-0.2, -0.15) is 0 Å². The molecule has 2 aromatic carbocycles. The van der Waals surface area contributed by atoms with Gasteiger partial charge in [-0.3, -0.25) is 4.79 Å². The minimum absolute atomic E-state index is 0.0944. The highest BCUT2D eigenvalue weighted by atomic mass is 35.5. The lowest BCUT2D eigenvalue weighted by Gasteiger charge is -2.44. The molecule has 158 valence electrons. The Hall–Kier alpha value is -1.96. The number of nitrogens with one attached hydrogen (secondary N) is 1. The van der Waals surface area contributed by atoms with Gasteiger partial charge < -0.3 is 15.1 Å². The molecular weight excluding hydrogens is 448 g/mol. The number of hydrogen-bond acceptors (Lipinski definition) is 3. The van der Waals surface area contributed by atoms with Gasteiger partial charge in [0.15, 0.2) is 0 Å². The number of carbonyl (C=O) groups excluding carboxylic acids is 2. The minimum Gasteiger partial charge on any atom is -0.324 e. The van der Waals surface area contributed by atoms with E-state index in [0.29, 0.717) is 48.2 Å². The maximum atomic E-state index is 14.1. The highest BCUT2D eigenvalue weighted by molar-refractivity contribution is 8.00. The molecule has 2 aromatic rings. The van der Waals surface area contributed by atoms with E-state index >= 15 is 0 Å². The molecule has 2 aliphatic heterocycles. The molecule has 2 fully saturated rings. The van der Waals surface area contributed by atoms with Crippen molar-refractivity contribution in [2.45, 2.75) is 17.7 Å². The number of likely N-dealkylation sites (tertiary alicyclic amines) is 1. The zero-order chi connectivity index (χ0) is 21.3. The van der Waals surface area contributed by atoms with E-state index in [2.05, 4.69) is 5.32 Å². The van der Waals surface area contributed by atoms with Gasteiger partial charge in [0.1, 0.15) is 5.82 Å². The van der Waals surface area contributed by atoms with Gasteiger partial charge in [-0.25, -0.2) is 9.18 Å². The van der Waals surface area contributed by atoms with Crippen LogP contribution in [0.2, 0.25) is 10.0 Å². The number of piperidine rings is 1. The molecular formula is C21H20Cl2FN3O2S. The van der Waals surface area contributed by atoms with Gasteiger partial charge in [0, 0.05) is 30.4 Å². The van der Waals surface area contributed by atoms with Crippen molar-refractivity contribution in [1.29, 1.82) is 0 Å². The van der Waals surface area contributed by atoms with Crippen LogP contribution in [0.3, 0.4) is 0 Å². The Morgan fingerprint density at radius 3 is 2.50 bits per heavy atom. The minimum atomic E-state index is -0.508. The monoisotopic (exact) mass is 467 g/mol. The SMILES string of the molecule is O=C(Nc1ccc(Cl)cc1Cl)N1CCC2(CC1)SCCN2C(=O)c1ccccc1F. The van der Waals surface area contributed by atoms with Crippen molar-refractivity contribution in [2.24, 2.45) is 0 Å². The van der Waals surface area contributed by atoms with Crippen molar-refractivity contribution in [3.63, 3.8) is 0 Å². The first-order valence-electron chi connectivity index (χ1n) is 9.61. The quantitative estimate of drug-likeness (QED) is 0.647. The molecule has 0 radical (unpaired) electrons. The maximum Gasteiger partial charge on any atom is 0.321 e. The van der Waals surface area contributed by atoms with Crippen molar-refractivity contribution in [2.75, 3.05) is 30.7 Å². The highest BCUT2D eigenvalue weighted by Crippen LogP contribution is 2.44. The third-order valence-electron chi connectivity index (χ3n) is 5.53. The largest absolute Gasteiger partial charge is 0.324 e. The molecule has 0 saturated carbocycles. The Kier molecular flexibility index (Phi) is 6.14. The van der Waals surface area contributed by atoms with Gasteiger partial charge in [-0.1, -0.05) is 35.3 Å². The number of rotatable bonds is 2. The van der Waals surface area contributed by atoms with E-state index in [0.717, 1.165) is 5.75 Å². The van der Waals surface area contributed by atoms with E-state index in [1.807, 2.05) is 0 Å². The van der Waals surface area contributed by atoms with Crippen LogP contribution in [0.15, 0.2) is 42.5 Å². The molecule has 0 atom stereocenters. The zero-order valence-corrected chi connectivity index (χ0v) is 18.4. The van der Waals surface area contributed by atoms with E-state index in [1.165, 1.54) is 12.1 Å². The van der Waals surface area contributed by atoms with Crippen LogP contribution in [0.1, 0.15) is 23.2 Å². The summed E-state index contributed by atoms with van der Waals surface area (Å²) in [6.45, 7) is 1.56. The van der Waals surface area contributed by atoms with E-state index in [-0.39, 0.29) is 17.5 Å². The molecule has 3 amide bonds. The average molecular weight is 468 g/mol. The molecule has 0 bridgehead atoms. The second-order valence-corrected chi connectivity index (χ2v) is 9.57. The average Bonchev–Trinajstić information content (AvgIpc) is 3.13. The van der Waals surface area contributed by atoms with Gasteiger partial charge in [-0.05, 0) is 43.2 Å². The van der Waals surface area contributed by atoms with Crippen LogP contribution in [0, 0.1) is 5.82 Å². The van der Waals surface area contributed by atoms with E-state index < -0.39 is 10.7 Å². The molecule has 0 unspecified atom stereocenters. The summed E-state index contributed by atoms with van der Waals surface area (Å²) in [7, 11) is 0. The second kappa shape index (κ2) is 8.65. The summed E-state index contributed by atoms with van der Waals surface area (Å²) in [6.07, 6.45) is 1.25. The Balaban J connectivity index is 1.43. The first-order valence-corrected chi connectivity index (χ1v) is 11.4. The van der Waals surface area contributed by atoms with Crippen molar-refractivity contribution in [3.8, 4) is 0 Å². The molecule has 4 rings (SSSR count). The van der Waals surface area contributed by atoms with Gasteiger partial charge >= 0.3 is 6.03 Å². The summed E-state index contributed by atoms with van der Waals surface area (Å²) in [6, 6.07) is 10.7. The van der Waals surface area contributed by atoms with Gasteiger partial charge in [0.2, 0.25) is 0 Å². The topological polar surface area (TPSA) is 52.7 Å². The molecule has 5 nitrogen and oxygen atoms in total. The zero-order valence-electron chi connectivity index (χ0n) is 16.0. The lowest BCUT2D eigenvalue weighted by Crippen LogP contribution is -2.54. The Morgan fingerprint density at radius 2 is 1.80 bits per heavy atom. The fourth-order valence-electron chi connectivity index (χ4n) is 3.93. The normalized spacial score (nSPS) is 18.0. The lowest BCUT2D eigenvalue weighted by atomic mass is 10.0. The molecule has 0 aliphatic carbocycles. The van der Waals surface area contributed by atoms with Crippen LogP contribution < -0.4 is 5.32 Å². The van der Waals surface area contributed by atoms with Gasteiger partial charge in [0.25, 0.3) is 5.91 Å². The Bertz CT molecular complexity index is 982. The lowest BCUT2D eigenvalue weighted by molar-refractivity contribution is 0.0581. The van der Waals surface area contributed by atoms with Gasteiger partial charge in [0.05, 0.1) is 21.1 Å². The molecule has 9 heteroatoms. The fourth-order valence-corrected chi connectivity index (χ4v) is 5.84.